The number of phenolic OH excluding ortho intramolecular Hbond substituents is 2. The number of fused-ring (bicyclic) bond motifs is 6. The topological polar surface area (TPSA) is 76.0 Å². The van der Waals surface area contributed by atoms with Crippen LogP contribution in [-0.2, 0) is 10.3 Å². The summed E-state index contributed by atoms with van der Waals surface area (Å²) in [6.07, 6.45) is 0. The molecule has 2 aliphatic heterocycles. The first-order valence-electron chi connectivity index (χ1n) is 9.18. The van der Waals surface area contributed by atoms with E-state index in [0.29, 0.717) is 28.2 Å². The molecule has 142 valence electrons. The van der Waals surface area contributed by atoms with Crippen molar-refractivity contribution in [1.29, 1.82) is 0 Å². The number of aromatic hydroxyl groups is 2. The molecule has 2 aliphatic rings. The van der Waals surface area contributed by atoms with Crippen molar-refractivity contribution >= 4 is 5.97 Å². The molecule has 0 fully saturated rings. The lowest BCUT2D eigenvalue weighted by Gasteiger charge is -2.36. The minimum Gasteiger partial charge on any atom is -0.508 e. The van der Waals surface area contributed by atoms with E-state index in [4.69, 9.17) is 9.47 Å². The monoisotopic (exact) mass is 376 g/mol. The fourth-order valence-electron chi connectivity index (χ4n) is 3.82. The third-order valence-corrected chi connectivity index (χ3v) is 4.93. The van der Waals surface area contributed by atoms with E-state index >= 15 is 0 Å². The number of hydrogen-bond acceptors (Lipinski definition) is 5. The predicted octanol–water partition coefficient (Wildman–Crippen LogP) is 5.00. The van der Waals surface area contributed by atoms with Crippen LogP contribution in [0.5, 0.6) is 23.0 Å². The van der Waals surface area contributed by atoms with Crippen molar-refractivity contribution in [1.82, 2.24) is 0 Å². The fraction of sp³-hybridized carbons (Fsp3) is 0.174. The number of carbonyl (C=O) groups is 1. The maximum Gasteiger partial charge on any atom is 0.340 e. The summed E-state index contributed by atoms with van der Waals surface area (Å²) in [5.74, 6) is 0.421. The van der Waals surface area contributed by atoms with Gasteiger partial charge in [0.2, 0.25) is 0 Å². The SMILES string of the molecule is CC.Cc1ccc2c(c1)C(=O)OC21c2ccc(O)cc2Oc2cc(O)ccc21. The van der Waals surface area contributed by atoms with E-state index < -0.39 is 11.6 Å². The average molecular weight is 376 g/mol. The highest BCUT2D eigenvalue weighted by atomic mass is 16.6. The molecule has 0 amide bonds. The Bertz CT molecular complexity index is 1050. The molecule has 0 aromatic heterocycles. The Labute approximate surface area is 162 Å². The van der Waals surface area contributed by atoms with Gasteiger partial charge in [0.1, 0.15) is 23.0 Å². The maximum atomic E-state index is 12.7. The average Bonchev–Trinajstić information content (AvgIpc) is 2.95. The molecule has 2 N–H and O–H groups in total. The van der Waals surface area contributed by atoms with Crippen molar-refractivity contribution < 1.29 is 24.5 Å². The lowest BCUT2D eigenvalue weighted by atomic mass is 9.77. The second-order valence-electron chi connectivity index (χ2n) is 6.58. The molecule has 2 heterocycles. The number of aryl methyl sites for hydroxylation is 1. The van der Waals surface area contributed by atoms with Gasteiger partial charge in [-0.2, -0.15) is 0 Å². The Hall–Kier alpha value is -3.47. The molecule has 5 heteroatoms. The summed E-state index contributed by atoms with van der Waals surface area (Å²) in [5.41, 5.74) is 2.26. The first-order chi connectivity index (χ1) is 13.5. The maximum absolute atomic E-state index is 12.7. The Kier molecular flexibility index (Phi) is 4.03. The summed E-state index contributed by atoms with van der Waals surface area (Å²) < 4.78 is 11.9. The number of phenols is 2. The van der Waals surface area contributed by atoms with Gasteiger partial charge in [-0.3, -0.25) is 0 Å². The molecule has 5 rings (SSSR count). The molecule has 0 radical (unpaired) electrons. The quantitative estimate of drug-likeness (QED) is 0.540. The van der Waals surface area contributed by atoms with Gasteiger partial charge in [0.25, 0.3) is 0 Å². The van der Waals surface area contributed by atoms with Gasteiger partial charge >= 0.3 is 5.97 Å². The smallest absolute Gasteiger partial charge is 0.340 e. The number of benzene rings is 3. The van der Waals surface area contributed by atoms with Crippen LogP contribution < -0.4 is 4.74 Å². The van der Waals surface area contributed by atoms with Gasteiger partial charge in [0.05, 0.1) is 5.56 Å². The first kappa shape index (κ1) is 17.9. The molecule has 0 unspecified atom stereocenters. The molecule has 0 saturated heterocycles. The van der Waals surface area contributed by atoms with Crippen molar-refractivity contribution in [2.75, 3.05) is 0 Å². The minimum atomic E-state index is -1.18. The second-order valence-corrected chi connectivity index (χ2v) is 6.58. The van der Waals surface area contributed by atoms with Gasteiger partial charge in [-0.1, -0.05) is 31.5 Å². The van der Waals surface area contributed by atoms with Gasteiger partial charge < -0.3 is 19.7 Å². The van der Waals surface area contributed by atoms with E-state index in [1.807, 2.05) is 39.0 Å². The number of esters is 1. The van der Waals surface area contributed by atoms with E-state index in [9.17, 15) is 15.0 Å². The Morgan fingerprint density at radius 2 is 1.32 bits per heavy atom. The van der Waals surface area contributed by atoms with Crippen molar-refractivity contribution in [3.8, 4) is 23.0 Å². The summed E-state index contributed by atoms with van der Waals surface area (Å²) in [6, 6.07) is 15.0. The van der Waals surface area contributed by atoms with Crippen LogP contribution in [0.25, 0.3) is 0 Å². The van der Waals surface area contributed by atoms with Crippen molar-refractivity contribution in [2.45, 2.75) is 26.4 Å². The van der Waals surface area contributed by atoms with E-state index in [0.717, 1.165) is 11.1 Å². The lowest BCUT2D eigenvalue weighted by Crippen LogP contribution is -2.32. The molecular formula is C23H20O5. The van der Waals surface area contributed by atoms with Crippen molar-refractivity contribution in [3.63, 3.8) is 0 Å². The number of ether oxygens (including phenoxy) is 2. The van der Waals surface area contributed by atoms with Crippen molar-refractivity contribution in [3.05, 3.63) is 82.4 Å². The molecule has 3 aromatic rings. The fourth-order valence-corrected chi connectivity index (χ4v) is 3.82. The highest BCUT2D eigenvalue weighted by Gasteiger charge is 2.53. The van der Waals surface area contributed by atoms with Crippen LogP contribution in [0.4, 0.5) is 0 Å². The van der Waals surface area contributed by atoms with E-state index in [1.165, 1.54) is 24.3 Å². The van der Waals surface area contributed by atoms with E-state index in [2.05, 4.69) is 0 Å². The van der Waals surface area contributed by atoms with Gasteiger partial charge in [-0.25, -0.2) is 4.79 Å². The van der Waals surface area contributed by atoms with Gasteiger partial charge in [0, 0.05) is 28.8 Å². The molecular weight excluding hydrogens is 356 g/mol. The molecule has 3 aromatic carbocycles. The minimum absolute atomic E-state index is 0.0379. The summed E-state index contributed by atoms with van der Waals surface area (Å²) in [5, 5.41) is 19.7. The number of hydrogen-bond donors (Lipinski definition) is 2. The zero-order valence-corrected chi connectivity index (χ0v) is 15.8. The number of carbonyl (C=O) groups excluding carboxylic acids is 1. The zero-order chi connectivity index (χ0) is 20.1. The van der Waals surface area contributed by atoms with Crippen LogP contribution in [0.2, 0.25) is 0 Å². The van der Waals surface area contributed by atoms with Gasteiger partial charge in [-0.15, -0.1) is 0 Å². The lowest BCUT2D eigenvalue weighted by molar-refractivity contribution is 0.0224. The van der Waals surface area contributed by atoms with E-state index in [1.54, 1.807) is 12.1 Å². The van der Waals surface area contributed by atoms with Crippen LogP contribution in [0, 0.1) is 6.92 Å². The summed E-state index contributed by atoms with van der Waals surface area (Å²) >= 11 is 0. The second kappa shape index (κ2) is 6.30. The normalized spacial score (nSPS) is 14.8. The predicted molar refractivity (Wildman–Crippen MR) is 104 cm³/mol. The van der Waals surface area contributed by atoms with Crippen LogP contribution in [0.15, 0.2) is 54.6 Å². The molecule has 5 nitrogen and oxygen atoms in total. The Balaban J connectivity index is 0.000000932. The van der Waals surface area contributed by atoms with Crippen LogP contribution in [0.3, 0.4) is 0 Å². The van der Waals surface area contributed by atoms with Gasteiger partial charge in [-0.05, 0) is 37.3 Å². The van der Waals surface area contributed by atoms with Crippen LogP contribution in [-0.4, -0.2) is 16.2 Å². The Morgan fingerprint density at radius 3 is 1.89 bits per heavy atom. The molecule has 0 saturated carbocycles. The van der Waals surface area contributed by atoms with Crippen LogP contribution >= 0.6 is 0 Å². The summed E-state index contributed by atoms with van der Waals surface area (Å²) in [6.45, 7) is 5.92. The third kappa shape index (κ3) is 2.36. The largest absolute Gasteiger partial charge is 0.508 e. The standard InChI is InChI=1S/C21H14O5.C2H6/c1-11-2-5-15-14(8-11)20(24)26-21(15)16-6-3-12(22)9-18(16)25-19-10-13(23)4-7-17(19)21;1-2/h2-10,22-23H,1H3;1-2H3. The van der Waals surface area contributed by atoms with E-state index in [-0.39, 0.29) is 11.5 Å². The summed E-state index contributed by atoms with van der Waals surface area (Å²) in [7, 11) is 0. The molecule has 0 atom stereocenters. The molecule has 0 aliphatic carbocycles. The summed E-state index contributed by atoms with van der Waals surface area (Å²) in [4.78, 5) is 12.7. The molecule has 28 heavy (non-hydrogen) atoms. The highest BCUT2D eigenvalue weighted by molar-refractivity contribution is 5.97. The zero-order valence-electron chi connectivity index (χ0n) is 15.8. The Morgan fingerprint density at radius 1 is 0.786 bits per heavy atom. The van der Waals surface area contributed by atoms with Gasteiger partial charge in [0.15, 0.2) is 5.60 Å². The molecule has 0 bridgehead atoms. The highest BCUT2D eigenvalue weighted by Crippen LogP contribution is 2.56. The number of rotatable bonds is 0. The first-order valence-corrected chi connectivity index (χ1v) is 9.18. The third-order valence-electron chi connectivity index (χ3n) is 4.93. The van der Waals surface area contributed by atoms with Crippen LogP contribution in [0.1, 0.15) is 46.5 Å². The van der Waals surface area contributed by atoms with Crippen molar-refractivity contribution in [2.24, 2.45) is 0 Å². The molecule has 1 spiro atoms.